The van der Waals surface area contributed by atoms with E-state index in [0.29, 0.717) is 11.5 Å². The molecule has 3 heterocycles. The van der Waals surface area contributed by atoms with Crippen LogP contribution in [-0.2, 0) is 42.7 Å². The van der Waals surface area contributed by atoms with E-state index >= 15 is 0 Å². The molecule has 1 aliphatic heterocycles. The molecule has 0 saturated heterocycles. The monoisotopic (exact) mass is 1230 g/mol. The fourth-order valence-corrected chi connectivity index (χ4v) is 11.6. The summed E-state index contributed by atoms with van der Waals surface area (Å²) < 4.78 is 9.47. The Hall–Kier alpha value is -7.20. The van der Waals surface area contributed by atoms with Gasteiger partial charge in [-0.2, -0.15) is 6.07 Å². The van der Waals surface area contributed by atoms with Gasteiger partial charge < -0.3 is 19.1 Å². The Morgan fingerprint density at radius 2 is 1.06 bits per heavy atom. The molecule has 5 nitrogen and oxygen atoms in total. The Kier molecular flexibility index (Phi) is 15.0. The van der Waals surface area contributed by atoms with E-state index in [-0.39, 0.29) is 54.6 Å². The number of hydrogen-bond acceptors (Lipinski definition) is 4. The summed E-state index contributed by atoms with van der Waals surface area (Å²) in [4.78, 5) is 9.71. The van der Waals surface area contributed by atoms with Crippen molar-refractivity contribution in [2.45, 2.75) is 130 Å². The Balaban J connectivity index is 0.00000720. The smallest absolute Gasteiger partial charge is 0.135 e. The number of rotatable bonds is 12. The van der Waals surface area contributed by atoms with E-state index in [1.54, 1.807) is 0 Å². The zero-order valence-corrected chi connectivity index (χ0v) is 51.3. The molecule has 11 rings (SSSR count). The van der Waals surface area contributed by atoms with Crippen molar-refractivity contribution in [3.8, 4) is 28.4 Å². The molecule has 0 unspecified atom stereocenters. The molecular formula is C74H75N4OPt-3. The molecule has 0 spiro atoms. The molecule has 0 fully saturated rings. The average molecular weight is 1230 g/mol. The third kappa shape index (κ3) is 10.4. The third-order valence-electron chi connectivity index (χ3n) is 16.6. The molecule has 2 aromatic heterocycles. The molecule has 0 radical (unpaired) electrons. The second kappa shape index (κ2) is 21.4. The molecule has 80 heavy (non-hydrogen) atoms. The molecule has 1 aliphatic rings. The zero-order chi connectivity index (χ0) is 55.8. The van der Waals surface area contributed by atoms with Crippen LogP contribution in [0.1, 0.15) is 153 Å². The first kappa shape index (κ1) is 56.1. The second-order valence-corrected chi connectivity index (χ2v) is 25.5. The third-order valence-corrected chi connectivity index (χ3v) is 16.6. The van der Waals surface area contributed by atoms with Crippen molar-refractivity contribution in [1.29, 1.82) is 0 Å². The van der Waals surface area contributed by atoms with Gasteiger partial charge >= 0.3 is 0 Å². The fraction of sp³-hybridized carbons (Fsp3) is 0.270. The van der Waals surface area contributed by atoms with Gasteiger partial charge in [-0.15, -0.1) is 53.6 Å². The van der Waals surface area contributed by atoms with Crippen molar-refractivity contribution < 1.29 is 25.8 Å². The van der Waals surface area contributed by atoms with E-state index in [2.05, 4.69) is 306 Å². The summed E-state index contributed by atoms with van der Waals surface area (Å²) in [5, 5.41) is 2.22. The van der Waals surface area contributed by atoms with Crippen LogP contribution in [0.5, 0.6) is 11.5 Å². The van der Waals surface area contributed by atoms with Crippen LogP contribution in [0.2, 0.25) is 0 Å². The van der Waals surface area contributed by atoms with Crippen molar-refractivity contribution in [3.63, 3.8) is 0 Å². The number of hydrogen-bond donors (Lipinski definition) is 0. The SMILES string of the molecule is CC(C)c1cccc(C(C)C)c1-c1cc(Oc2[c-]c3c(cc2)c2cc(C(C)(C)c4ccccc4)ccc2n3-c2cc(C(C)(C)C)ccn2)[c-]c(N2[CH-]N(c3cccc(C(C)(C)c4ccccc4)c3)c3cc(C(C)(C)C)ccc32)c1.[Pt]. The van der Waals surface area contributed by atoms with Crippen LogP contribution in [0.4, 0.5) is 22.7 Å². The maximum atomic E-state index is 7.21. The van der Waals surface area contributed by atoms with Gasteiger partial charge in [0.05, 0.1) is 0 Å². The molecule has 0 atom stereocenters. The van der Waals surface area contributed by atoms with Gasteiger partial charge in [-0.05, 0) is 121 Å². The summed E-state index contributed by atoms with van der Waals surface area (Å²) in [7, 11) is 0. The van der Waals surface area contributed by atoms with Crippen LogP contribution in [0.3, 0.4) is 0 Å². The number of pyridine rings is 1. The van der Waals surface area contributed by atoms with Crippen molar-refractivity contribution in [2.75, 3.05) is 9.80 Å². The van der Waals surface area contributed by atoms with Crippen molar-refractivity contribution in [1.82, 2.24) is 9.55 Å². The maximum absolute atomic E-state index is 7.21. The van der Waals surface area contributed by atoms with E-state index in [0.717, 1.165) is 55.9 Å². The van der Waals surface area contributed by atoms with Crippen molar-refractivity contribution >= 4 is 44.6 Å². The quantitative estimate of drug-likeness (QED) is 0.114. The minimum absolute atomic E-state index is 0. The van der Waals surface area contributed by atoms with Gasteiger partial charge in [0.2, 0.25) is 0 Å². The predicted molar refractivity (Wildman–Crippen MR) is 332 cm³/mol. The summed E-state index contributed by atoms with van der Waals surface area (Å²) in [6.45, 7) is 34.3. The Bertz CT molecular complexity index is 3860. The normalized spacial score (nSPS) is 13.2. The van der Waals surface area contributed by atoms with E-state index < -0.39 is 0 Å². The average Bonchev–Trinajstić information content (AvgIpc) is 4.22. The van der Waals surface area contributed by atoms with Crippen molar-refractivity contribution in [3.05, 3.63) is 245 Å². The van der Waals surface area contributed by atoms with Gasteiger partial charge in [0.1, 0.15) is 5.82 Å². The van der Waals surface area contributed by atoms with Crippen LogP contribution in [-0.4, -0.2) is 9.55 Å². The number of fused-ring (bicyclic) bond motifs is 4. The number of benzene rings is 8. The second-order valence-electron chi connectivity index (χ2n) is 25.5. The van der Waals surface area contributed by atoms with E-state index in [4.69, 9.17) is 9.72 Å². The number of nitrogens with zero attached hydrogens (tertiary/aromatic N) is 4. The molecule has 10 aromatic rings. The Labute approximate surface area is 491 Å². The van der Waals surface area contributed by atoms with Gasteiger partial charge in [-0.25, -0.2) is 4.98 Å². The molecule has 0 N–H and O–H groups in total. The van der Waals surface area contributed by atoms with Gasteiger partial charge in [0, 0.05) is 72.2 Å². The molecule has 6 heteroatoms. The maximum Gasteiger partial charge on any atom is 0.135 e. The number of anilines is 4. The summed E-state index contributed by atoms with van der Waals surface area (Å²) in [5.41, 5.74) is 17.9. The van der Waals surface area contributed by atoms with Gasteiger partial charge in [-0.3, -0.25) is 0 Å². The summed E-state index contributed by atoms with van der Waals surface area (Å²) in [6, 6.07) is 72.0. The first-order valence-corrected chi connectivity index (χ1v) is 28.2. The predicted octanol–water partition coefficient (Wildman–Crippen LogP) is 20.1. The first-order valence-electron chi connectivity index (χ1n) is 28.2. The van der Waals surface area contributed by atoms with Crippen LogP contribution < -0.4 is 14.5 Å². The standard InChI is InChI=1S/C74H75N4O.Pt/c1-48(2)61-29-22-30-62(49(3)4)70(61)50-39-58(77-47-76(68-43-53(71(5,6)7)31-36-66(68)77)57-28-21-27-55(41-57)73(11,12)51-23-17-15-18-24-51)45-60(40-50)79-59-33-34-63-64-42-56(74(13,14)52-25-19-16-20-26-52)32-35-65(64)78(67(63)46-59)69-44-54(37-38-75-69)72(8,9)10;/h15-44,47-49H,1-14H3;/q-3;. The van der Waals surface area contributed by atoms with Gasteiger partial charge in [-0.1, -0.05) is 212 Å². The molecule has 0 bridgehead atoms. The molecule has 0 amide bonds. The van der Waals surface area contributed by atoms with Gasteiger partial charge in [0.25, 0.3) is 0 Å². The molecule has 8 aromatic carbocycles. The summed E-state index contributed by atoms with van der Waals surface area (Å²) >= 11 is 0. The van der Waals surface area contributed by atoms with E-state index in [9.17, 15) is 0 Å². The van der Waals surface area contributed by atoms with Crippen LogP contribution in [0.15, 0.2) is 182 Å². The van der Waals surface area contributed by atoms with Crippen LogP contribution in [0, 0.1) is 18.8 Å². The van der Waals surface area contributed by atoms with Gasteiger partial charge in [0.15, 0.2) is 0 Å². The minimum Gasteiger partial charge on any atom is -0.509 e. The first-order chi connectivity index (χ1) is 37.6. The molecule has 410 valence electrons. The minimum atomic E-state index is -0.230. The number of ether oxygens (including phenoxy) is 1. The largest absolute Gasteiger partial charge is 0.509 e. The van der Waals surface area contributed by atoms with Crippen LogP contribution in [0.25, 0.3) is 38.8 Å². The molecular weight excluding hydrogens is 1160 g/mol. The van der Waals surface area contributed by atoms with E-state index in [1.807, 2.05) is 6.20 Å². The Morgan fingerprint density at radius 1 is 0.475 bits per heavy atom. The summed E-state index contributed by atoms with van der Waals surface area (Å²) in [6.07, 6.45) is 1.93. The molecule has 0 aliphatic carbocycles. The zero-order valence-electron chi connectivity index (χ0n) is 49.1. The Morgan fingerprint density at radius 3 is 1.69 bits per heavy atom. The van der Waals surface area contributed by atoms with Crippen LogP contribution >= 0.6 is 0 Å². The molecule has 0 saturated carbocycles. The topological polar surface area (TPSA) is 33.5 Å². The fourth-order valence-electron chi connectivity index (χ4n) is 11.6. The summed E-state index contributed by atoms with van der Waals surface area (Å²) in [5.74, 6) is 2.60. The van der Waals surface area contributed by atoms with Crippen molar-refractivity contribution in [2.24, 2.45) is 0 Å². The number of aromatic nitrogens is 2. The van der Waals surface area contributed by atoms with E-state index in [1.165, 1.54) is 50.1 Å².